The van der Waals surface area contributed by atoms with Crippen molar-refractivity contribution >= 4 is 11.9 Å². The molecule has 6 nitrogen and oxygen atoms in total. The van der Waals surface area contributed by atoms with Gasteiger partial charge >= 0.3 is 6.18 Å². The van der Waals surface area contributed by atoms with Crippen molar-refractivity contribution in [2.75, 3.05) is 12.3 Å². The molecule has 0 aromatic carbocycles. The van der Waals surface area contributed by atoms with Crippen LogP contribution in [0, 0.1) is 0 Å². The normalized spacial score (nSPS) is 11.5. The summed E-state index contributed by atoms with van der Waals surface area (Å²) < 4.78 is 36.5. The number of nitrogen functional groups attached to an aromatic ring is 1. The average Bonchev–Trinajstić information content (AvgIpc) is 2.57. The van der Waals surface area contributed by atoms with E-state index in [1.165, 1.54) is 11.0 Å². The van der Waals surface area contributed by atoms with Crippen LogP contribution in [0.5, 0.6) is 0 Å². The van der Waals surface area contributed by atoms with Gasteiger partial charge in [0, 0.05) is 13.0 Å². The van der Waals surface area contributed by atoms with Gasteiger partial charge in [0.25, 0.3) is 0 Å². The standard InChI is InChI=1S/C8H12F3N5O/c9-8(10,11)2-1-3-13-6(17)4-16-5-14-7(12)15-16/h5H,1-4H2,(H2,12,15)(H,13,17). The molecule has 1 amide bonds. The maximum Gasteiger partial charge on any atom is 0.389 e. The number of nitrogens with zero attached hydrogens (tertiary/aromatic N) is 3. The molecule has 0 spiro atoms. The van der Waals surface area contributed by atoms with Crippen LogP contribution >= 0.6 is 0 Å². The van der Waals surface area contributed by atoms with Crippen molar-refractivity contribution in [2.24, 2.45) is 0 Å². The molecule has 17 heavy (non-hydrogen) atoms. The summed E-state index contributed by atoms with van der Waals surface area (Å²) in [5.41, 5.74) is 5.22. The number of nitrogens with one attached hydrogen (secondary N) is 1. The van der Waals surface area contributed by atoms with Gasteiger partial charge in [-0.05, 0) is 6.42 Å². The van der Waals surface area contributed by atoms with Gasteiger partial charge in [-0.1, -0.05) is 0 Å². The first kappa shape index (κ1) is 13.3. The molecule has 0 saturated carbocycles. The van der Waals surface area contributed by atoms with Crippen LogP contribution in [0.25, 0.3) is 0 Å². The summed E-state index contributed by atoms with van der Waals surface area (Å²) in [6.07, 6.45) is -3.98. The monoisotopic (exact) mass is 251 g/mol. The van der Waals surface area contributed by atoms with Crippen molar-refractivity contribution in [3.63, 3.8) is 0 Å². The molecule has 0 radical (unpaired) electrons. The number of hydrogen-bond donors (Lipinski definition) is 2. The van der Waals surface area contributed by atoms with Crippen LogP contribution in [0.1, 0.15) is 12.8 Å². The summed E-state index contributed by atoms with van der Waals surface area (Å²) >= 11 is 0. The number of carbonyl (C=O) groups is 1. The lowest BCUT2D eigenvalue weighted by Gasteiger charge is -2.07. The summed E-state index contributed by atoms with van der Waals surface area (Å²) in [6.45, 7) is -0.140. The number of anilines is 1. The van der Waals surface area contributed by atoms with Gasteiger partial charge in [-0.25, -0.2) is 9.67 Å². The van der Waals surface area contributed by atoms with Crippen LogP contribution in [-0.2, 0) is 11.3 Å². The van der Waals surface area contributed by atoms with E-state index in [1.807, 2.05) is 0 Å². The first-order chi connectivity index (χ1) is 7.87. The molecule has 9 heteroatoms. The molecule has 96 valence electrons. The van der Waals surface area contributed by atoms with Gasteiger partial charge in [-0.2, -0.15) is 13.2 Å². The molecular formula is C8H12F3N5O. The number of hydrogen-bond acceptors (Lipinski definition) is 4. The van der Waals surface area contributed by atoms with Gasteiger partial charge in [0.1, 0.15) is 12.9 Å². The second-order valence-electron chi connectivity index (χ2n) is 3.37. The molecule has 0 saturated heterocycles. The first-order valence-electron chi connectivity index (χ1n) is 4.85. The third-order valence-electron chi connectivity index (χ3n) is 1.82. The fraction of sp³-hybridized carbons (Fsp3) is 0.625. The number of carbonyl (C=O) groups excluding carboxylic acids is 1. The lowest BCUT2D eigenvalue weighted by molar-refractivity contribution is -0.136. The Morgan fingerprint density at radius 3 is 2.76 bits per heavy atom. The van der Waals surface area contributed by atoms with E-state index in [0.29, 0.717) is 0 Å². The predicted molar refractivity (Wildman–Crippen MR) is 52.7 cm³/mol. The molecule has 1 aromatic rings. The van der Waals surface area contributed by atoms with Crippen LogP contribution in [0.15, 0.2) is 6.33 Å². The van der Waals surface area contributed by atoms with E-state index in [0.717, 1.165) is 0 Å². The zero-order valence-electron chi connectivity index (χ0n) is 8.87. The number of halogens is 3. The second kappa shape index (κ2) is 5.51. The minimum Gasteiger partial charge on any atom is -0.367 e. The van der Waals surface area contributed by atoms with Crippen LogP contribution in [0.3, 0.4) is 0 Å². The van der Waals surface area contributed by atoms with Gasteiger partial charge in [0.05, 0.1) is 0 Å². The highest BCUT2D eigenvalue weighted by atomic mass is 19.4. The van der Waals surface area contributed by atoms with Gasteiger partial charge in [-0.3, -0.25) is 4.79 Å². The number of nitrogens with two attached hydrogens (primary N) is 1. The predicted octanol–water partition coefficient (Wildman–Crippen LogP) is 0.319. The Hall–Kier alpha value is -1.80. The van der Waals surface area contributed by atoms with Crippen molar-refractivity contribution in [1.82, 2.24) is 20.1 Å². The summed E-state index contributed by atoms with van der Waals surface area (Å²) in [7, 11) is 0. The fourth-order valence-corrected chi connectivity index (χ4v) is 1.10. The fourth-order valence-electron chi connectivity index (χ4n) is 1.10. The maximum atomic E-state index is 11.8. The van der Waals surface area contributed by atoms with E-state index in [4.69, 9.17) is 5.73 Å². The lowest BCUT2D eigenvalue weighted by Crippen LogP contribution is -2.29. The Kier molecular flexibility index (Phi) is 4.30. The molecular weight excluding hydrogens is 239 g/mol. The Balaban J connectivity index is 2.18. The van der Waals surface area contributed by atoms with Gasteiger partial charge < -0.3 is 11.1 Å². The van der Waals surface area contributed by atoms with Crippen molar-refractivity contribution < 1.29 is 18.0 Å². The number of amides is 1. The molecule has 0 atom stereocenters. The molecule has 0 fully saturated rings. The molecule has 0 unspecified atom stereocenters. The molecule has 1 aromatic heterocycles. The molecule has 0 bridgehead atoms. The van der Waals surface area contributed by atoms with E-state index in [2.05, 4.69) is 15.4 Å². The quantitative estimate of drug-likeness (QED) is 0.738. The van der Waals surface area contributed by atoms with Crippen molar-refractivity contribution in [2.45, 2.75) is 25.6 Å². The highest BCUT2D eigenvalue weighted by molar-refractivity contribution is 5.75. The first-order valence-corrected chi connectivity index (χ1v) is 4.85. The zero-order chi connectivity index (χ0) is 12.9. The molecule has 3 N–H and O–H groups in total. The van der Waals surface area contributed by atoms with Crippen LogP contribution in [-0.4, -0.2) is 33.4 Å². The molecule has 0 aliphatic carbocycles. The summed E-state index contributed by atoms with van der Waals surface area (Å²) in [5, 5.41) is 6.01. The van der Waals surface area contributed by atoms with Crippen molar-refractivity contribution in [1.29, 1.82) is 0 Å². The Morgan fingerprint density at radius 2 is 2.24 bits per heavy atom. The van der Waals surface area contributed by atoms with E-state index in [9.17, 15) is 18.0 Å². The summed E-state index contributed by atoms with van der Waals surface area (Å²) in [6, 6.07) is 0. The number of aromatic nitrogens is 3. The Morgan fingerprint density at radius 1 is 1.53 bits per heavy atom. The highest BCUT2D eigenvalue weighted by Crippen LogP contribution is 2.20. The largest absolute Gasteiger partial charge is 0.389 e. The number of rotatable bonds is 5. The van der Waals surface area contributed by atoms with Crippen LogP contribution in [0.2, 0.25) is 0 Å². The second-order valence-corrected chi connectivity index (χ2v) is 3.37. The topological polar surface area (TPSA) is 85.8 Å². The average molecular weight is 251 g/mol. The van der Waals surface area contributed by atoms with Crippen LogP contribution in [0.4, 0.5) is 19.1 Å². The minimum absolute atomic E-state index is 0.0253. The highest BCUT2D eigenvalue weighted by Gasteiger charge is 2.25. The SMILES string of the molecule is Nc1ncn(CC(=O)NCCCC(F)(F)F)n1. The zero-order valence-corrected chi connectivity index (χ0v) is 8.87. The number of alkyl halides is 3. The summed E-state index contributed by atoms with van der Waals surface area (Å²) in [5.74, 6) is -0.396. The maximum absolute atomic E-state index is 11.8. The minimum atomic E-state index is -4.19. The summed E-state index contributed by atoms with van der Waals surface area (Å²) in [4.78, 5) is 14.8. The Bertz CT molecular complexity index is 375. The van der Waals surface area contributed by atoms with E-state index < -0.39 is 18.5 Å². The molecule has 0 aliphatic rings. The van der Waals surface area contributed by atoms with E-state index in [-0.39, 0.29) is 25.5 Å². The van der Waals surface area contributed by atoms with Gasteiger partial charge in [0.2, 0.25) is 11.9 Å². The Labute approximate surface area is 95.0 Å². The third kappa shape index (κ3) is 5.73. The van der Waals surface area contributed by atoms with Crippen LogP contribution < -0.4 is 11.1 Å². The van der Waals surface area contributed by atoms with Gasteiger partial charge in [0.15, 0.2) is 0 Å². The van der Waals surface area contributed by atoms with Gasteiger partial charge in [-0.15, -0.1) is 5.10 Å². The van der Waals surface area contributed by atoms with E-state index in [1.54, 1.807) is 0 Å². The van der Waals surface area contributed by atoms with Crippen molar-refractivity contribution in [3.8, 4) is 0 Å². The van der Waals surface area contributed by atoms with Crippen molar-refractivity contribution in [3.05, 3.63) is 6.33 Å². The molecule has 0 aliphatic heterocycles. The molecule has 1 heterocycles. The van der Waals surface area contributed by atoms with E-state index >= 15 is 0 Å². The third-order valence-corrected chi connectivity index (χ3v) is 1.82. The lowest BCUT2D eigenvalue weighted by atomic mass is 10.3. The molecule has 1 rings (SSSR count). The smallest absolute Gasteiger partial charge is 0.367 e.